The molecule has 0 atom stereocenters. The summed E-state index contributed by atoms with van der Waals surface area (Å²) < 4.78 is 6.18. The lowest BCUT2D eigenvalue weighted by molar-refractivity contribution is 0.669. The van der Waals surface area contributed by atoms with Crippen molar-refractivity contribution in [2.24, 2.45) is 0 Å². The molecule has 226 valence electrons. The Hall–Kier alpha value is -6.45. The van der Waals surface area contributed by atoms with Crippen molar-refractivity contribution < 1.29 is 4.42 Å². The average Bonchev–Trinajstić information content (AvgIpc) is 3.54. The van der Waals surface area contributed by atoms with Crippen molar-refractivity contribution in [1.29, 1.82) is 0 Å². The van der Waals surface area contributed by atoms with Gasteiger partial charge >= 0.3 is 0 Å². The third-order valence-electron chi connectivity index (χ3n) is 9.16. The minimum absolute atomic E-state index is 0.882. The second-order valence-electron chi connectivity index (χ2n) is 12.1. The van der Waals surface area contributed by atoms with Gasteiger partial charge in [0, 0.05) is 40.2 Å². The number of hydrogen-bond donors (Lipinski definition) is 0. The van der Waals surface area contributed by atoms with E-state index in [0.29, 0.717) is 0 Å². The predicted octanol–water partition coefficient (Wildman–Crippen LogP) is 12.6. The average molecular weight is 615 g/mol. The summed E-state index contributed by atoms with van der Waals surface area (Å²) in [5.74, 6) is 0. The van der Waals surface area contributed by atoms with E-state index in [9.17, 15) is 0 Å². The van der Waals surface area contributed by atoms with Crippen LogP contribution in [0.1, 0.15) is 0 Å². The summed E-state index contributed by atoms with van der Waals surface area (Å²) in [6.45, 7) is 0. The zero-order chi connectivity index (χ0) is 31.9. The second kappa shape index (κ2) is 11.7. The number of para-hydroxylation sites is 1. The molecule has 0 spiro atoms. The molecule has 9 aromatic rings. The highest BCUT2D eigenvalue weighted by atomic mass is 16.3. The number of hydrogen-bond acceptors (Lipinski definition) is 3. The summed E-state index contributed by atoms with van der Waals surface area (Å²) in [7, 11) is 0. The van der Waals surface area contributed by atoms with Crippen molar-refractivity contribution in [3.8, 4) is 33.4 Å². The number of pyridine rings is 1. The standard InChI is InChI=1S/C45H30N2O/c1-2-8-33(9-3-1)41-28-35-10-4-5-11-36(35)29-42(41)34-16-20-38(21-17-34)47(37-18-14-31(15-19-37)32-24-26-46-27-25-32)39-22-23-45-43(30-39)40-12-6-7-13-44(40)48-45/h1-30H. The van der Waals surface area contributed by atoms with Crippen molar-refractivity contribution in [2.75, 3.05) is 4.90 Å². The van der Waals surface area contributed by atoms with E-state index >= 15 is 0 Å². The van der Waals surface area contributed by atoms with Crippen molar-refractivity contribution in [3.63, 3.8) is 0 Å². The molecule has 2 aromatic heterocycles. The first-order valence-corrected chi connectivity index (χ1v) is 16.2. The van der Waals surface area contributed by atoms with Gasteiger partial charge in [-0.3, -0.25) is 4.98 Å². The Morgan fingerprint density at radius 1 is 0.375 bits per heavy atom. The molecule has 0 N–H and O–H groups in total. The number of anilines is 3. The van der Waals surface area contributed by atoms with Gasteiger partial charge in [0.05, 0.1) is 0 Å². The molecular weight excluding hydrogens is 585 g/mol. The first kappa shape index (κ1) is 27.8. The van der Waals surface area contributed by atoms with Gasteiger partial charge in [-0.2, -0.15) is 0 Å². The van der Waals surface area contributed by atoms with Crippen LogP contribution in [0.25, 0.3) is 66.1 Å². The summed E-state index contributed by atoms with van der Waals surface area (Å²) in [6, 6.07) is 60.4. The molecule has 9 rings (SSSR count). The minimum atomic E-state index is 0.882. The van der Waals surface area contributed by atoms with E-state index in [4.69, 9.17) is 4.42 Å². The van der Waals surface area contributed by atoms with Gasteiger partial charge in [0.15, 0.2) is 0 Å². The van der Waals surface area contributed by atoms with Crippen LogP contribution in [0.3, 0.4) is 0 Å². The smallest absolute Gasteiger partial charge is 0.135 e. The molecule has 0 radical (unpaired) electrons. The predicted molar refractivity (Wildman–Crippen MR) is 200 cm³/mol. The fourth-order valence-corrected chi connectivity index (χ4v) is 6.77. The summed E-state index contributed by atoms with van der Waals surface area (Å²) in [5, 5.41) is 4.68. The molecule has 7 aromatic carbocycles. The quantitative estimate of drug-likeness (QED) is 0.187. The molecule has 0 fully saturated rings. The monoisotopic (exact) mass is 614 g/mol. The Labute approximate surface area is 279 Å². The Balaban J connectivity index is 1.18. The fraction of sp³-hybridized carbons (Fsp3) is 0. The molecule has 3 nitrogen and oxygen atoms in total. The van der Waals surface area contributed by atoms with Crippen LogP contribution in [-0.2, 0) is 0 Å². The van der Waals surface area contributed by atoms with Crippen LogP contribution in [0.5, 0.6) is 0 Å². The van der Waals surface area contributed by atoms with E-state index in [0.717, 1.165) is 50.1 Å². The van der Waals surface area contributed by atoms with Gasteiger partial charge in [-0.15, -0.1) is 0 Å². The van der Waals surface area contributed by atoms with Crippen LogP contribution < -0.4 is 4.90 Å². The van der Waals surface area contributed by atoms with E-state index in [1.807, 2.05) is 36.7 Å². The van der Waals surface area contributed by atoms with E-state index in [1.165, 1.54) is 33.0 Å². The van der Waals surface area contributed by atoms with Crippen molar-refractivity contribution >= 4 is 49.8 Å². The lowest BCUT2D eigenvalue weighted by atomic mass is 9.91. The third-order valence-corrected chi connectivity index (χ3v) is 9.16. The van der Waals surface area contributed by atoms with Crippen LogP contribution >= 0.6 is 0 Å². The van der Waals surface area contributed by atoms with Gasteiger partial charge in [0.1, 0.15) is 11.2 Å². The van der Waals surface area contributed by atoms with E-state index < -0.39 is 0 Å². The van der Waals surface area contributed by atoms with Crippen LogP contribution in [0.15, 0.2) is 187 Å². The van der Waals surface area contributed by atoms with Gasteiger partial charge in [-0.05, 0) is 117 Å². The zero-order valence-electron chi connectivity index (χ0n) is 26.1. The molecule has 0 aliphatic heterocycles. The molecular formula is C45H30N2O. The lowest BCUT2D eigenvalue weighted by Crippen LogP contribution is -2.09. The SMILES string of the molecule is c1ccc(-c2cc3ccccc3cc2-c2ccc(N(c3ccc(-c4ccncc4)cc3)c3ccc4oc5ccccc5c4c3)cc2)cc1. The zero-order valence-corrected chi connectivity index (χ0v) is 26.1. The molecule has 3 heteroatoms. The highest BCUT2D eigenvalue weighted by molar-refractivity contribution is 6.06. The lowest BCUT2D eigenvalue weighted by Gasteiger charge is -2.26. The topological polar surface area (TPSA) is 29.3 Å². The van der Waals surface area contributed by atoms with Crippen LogP contribution in [0.2, 0.25) is 0 Å². The van der Waals surface area contributed by atoms with Crippen LogP contribution in [0.4, 0.5) is 17.1 Å². The summed E-state index contributed by atoms with van der Waals surface area (Å²) in [4.78, 5) is 6.51. The second-order valence-corrected chi connectivity index (χ2v) is 12.1. The maximum absolute atomic E-state index is 6.18. The van der Waals surface area contributed by atoms with Crippen LogP contribution in [0, 0.1) is 0 Å². The summed E-state index contributed by atoms with van der Waals surface area (Å²) in [6.07, 6.45) is 3.67. The molecule has 0 saturated heterocycles. The van der Waals surface area contributed by atoms with E-state index in [-0.39, 0.29) is 0 Å². The van der Waals surface area contributed by atoms with Gasteiger partial charge in [-0.1, -0.05) is 97.1 Å². The maximum atomic E-state index is 6.18. The van der Waals surface area contributed by atoms with Crippen molar-refractivity contribution in [2.45, 2.75) is 0 Å². The fourth-order valence-electron chi connectivity index (χ4n) is 6.77. The number of fused-ring (bicyclic) bond motifs is 4. The molecule has 0 aliphatic rings. The molecule has 0 bridgehead atoms. The first-order chi connectivity index (χ1) is 23.8. The normalized spacial score (nSPS) is 11.3. The molecule has 0 unspecified atom stereocenters. The minimum Gasteiger partial charge on any atom is -0.456 e. The molecule has 2 heterocycles. The summed E-state index contributed by atoms with van der Waals surface area (Å²) in [5.41, 5.74) is 12.1. The third kappa shape index (κ3) is 4.99. The van der Waals surface area contributed by atoms with Crippen LogP contribution in [-0.4, -0.2) is 4.98 Å². The first-order valence-electron chi connectivity index (χ1n) is 16.2. The molecule has 0 aliphatic carbocycles. The summed E-state index contributed by atoms with van der Waals surface area (Å²) >= 11 is 0. The number of benzene rings is 7. The Bertz CT molecular complexity index is 2540. The highest BCUT2D eigenvalue weighted by Gasteiger charge is 2.17. The van der Waals surface area contributed by atoms with Crippen molar-refractivity contribution in [1.82, 2.24) is 4.98 Å². The largest absolute Gasteiger partial charge is 0.456 e. The van der Waals surface area contributed by atoms with E-state index in [2.05, 4.69) is 155 Å². The Kier molecular flexibility index (Phi) is 6.80. The van der Waals surface area contributed by atoms with Gasteiger partial charge in [0.2, 0.25) is 0 Å². The maximum Gasteiger partial charge on any atom is 0.135 e. The number of nitrogens with zero attached hydrogens (tertiary/aromatic N) is 2. The van der Waals surface area contributed by atoms with Gasteiger partial charge < -0.3 is 9.32 Å². The molecule has 48 heavy (non-hydrogen) atoms. The number of aromatic nitrogens is 1. The van der Waals surface area contributed by atoms with Gasteiger partial charge in [-0.25, -0.2) is 0 Å². The Morgan fingerprint density at radius 3 is 1.58 bits per heavy atom. The van der Waals surface area contributed by atoms with Gasteiger partial charge in [0.25, 0.3) is 0 Å². The number of rotatable bonds is 6. The van der Waals surface area contributed by atoms with Crippen molar-refractivity contribution in [3.05, 3.63) is 182 Å². The highest BCUT2D eigenvalue weighted by Crippen LogP contribution is 2.41. The van der Waals surface area contributed by atoms with E-state index in [1.54, 1.807) is 0 Å². The number of furan rings is 1. The Morgan fingerprint density at radius 2 is 0.896 bits per heavy atom. The molecule has 0 saturated carbocycles. The molecule has 0 amide bonds.